The van der Waals surface area contributed by atoms with Crippen LogP contribution in [0.3, 0.4) is 0 Å². The molecule has 0 unspecified atom stereocenters. The van der Waals surface area contributed by atoms with E-state index in [1.165, 1.54) is 13.2 Å². The van der Waals surface area contributed by atoms with E-state index in [0.29, 0.717) is 5.82 Å². The normalized spacial score (nSPS) is 10.3. The molecule has 17 heavy (non-hydrogen) atoms. The summed E-state index contributed by atoms with van der Waals surface area (Å²) in [6.07, 6.45) is 3.35. The van der Waals surface area contributed by atoms with Crippen molar-refractivity contribution in [3.63, 3.8) is 0 Å². The zero-order valence-electron chi connectivity index (χ0n) is 9.22. The van der Waals surface area contributed by atoms with Crippen molar-refractivity contribution in [2.24, 2.45) is 0 Å². The van der Waals surface area contributed by atoms with Crippen LogP contribution in [-0.2, 0) is 4.74 Å². The number of aromatic nitrogens is 4. The molecular formula is C10H9ClN4O2. The van der Waals surface area contributed by atoms with Crippen LogP contribution in [-0.4, -0.2) is 32.6 Å². The average Bonchev–Trinajstić information content (AvgIpc) is 2.73. The molecule has 0 bridgehead atoms. The molecule has 2 aromatic heterocycles. The van der Waals surface area contributed by atoms with Crippen LogP contribution in [0, 0.1) is 6.92 Å². The Labute approximate surface area is 102 Å². The number of hydrogen-bond donors (Lipinski definition) is 0. The first-order valence-corrected chi connectivity index (χ1v) is 5.13. The van der Waals surface area contributed by atoms with Gasteiger partial charge < -0.3 is 4.74 Å². The largest absolute Gasteiger partial charge is 0.464 e. The van der Waals surface area contributed by atoms with E-state index in [4.69, 9.17) is 11.6 Å². The van der Waals surface area contributed by atoms with Gasteiger partial charge in [-0.15, -0.1) is 0 Å². The van der Waals surface area contributed by atoms with E-state index < -0.39 is 5.97 Å². The van der Waals surface area contributed by atoms with Crippen molar-refractivity contribution in [1.82, 2.24) is 19.5 Å². The van der Waals surface area contributed by atoms with Gasteiger partial charge in [-0.25, -0.2) is 14.8 Å². The number of methoxy groups -OCH3 is 1. The van der Waals surface area contributed by atoms with Gasteiger partial charge in [0.15, 0.2) is 5.69 Å². The molecule has 0 radical (unpaired) electrons. The number of esters is 1. The highest BCUT2D eigenvalue weighted by Crippen LogP contribution is 2.12. The Balaban J connectivity index is 2.53. The highest BCUT2D eigenvalue weighted by molar-refractivity contribution is 6.28. The minimum absolute atomic E-state index is 0.0176. The number of imidazole rings is 1. The molecule has 0 aliphatic rings. The fourth-order valence-electron chi connectivity index (χ4n) is 1.36. The van der Waals surface area contributed by atoms with Crippen molar-refractivity contribution >= 4 is 17.6 Å². The van der Waals surface area contributed by atoms with E-state index in [2.05, 4.69) is 19.7 Å². The summed E-state index contributed by atoms with van der Waals surface area (Å²) < 4.78 is 6.28. The van der Waals surface area contributed by atoms with Crippen LogP contribution < -0.4 is 0 Å². The van der Waals surface area contributed by atoms with Gasteiger partial charge in [0, 0.05) is 18.5 Å². The third-order valence-corrected chi connectivity index (χ3v) is 2.32. The first-order chi connectivity index (χ1) is 8.11. The van der Waals surface area contributed by atoms with Crippen molar-refractivity contribution in [2.45, 2.75) is 6.92 Å². The van der Waals surface area contributed by atoms with Gasteiger partial charge in [-0.2, -0.15) is 4.98 Å². The minimum atomic E-state index is -0.562. The van der Waals surface area contributed by atoms with Gasteiger partial charge >= 0.3 is 5.97 Å². The van der Waals surface area contributed by atoms with Crippen LogP contribution in [0.15, 0.2) is 18.5 Å². The maximum atomic E-state index is 11.4. The van der Waals surface area contributed by atoms with Gasteiger partial charge in [0.25, 0.3) is 0 Å². The number of hydrogen-bond acceptors (Lipinski definition) is 5. The molecule has 88 valence electrons. The molecule has 0 aromatic carbocycles. The Kier molecular flexibility index (Phi) is 3.06. The summed E-state index contributed by atoms with van der Waals surface area (Å²) >= 11 is 5.76. The van der Waals surface area contributed by atoms with Crippen LogP contribution >= 0.6 is 11.6 Å². The summed E-state index contributed by atoms with van der Waals surface area (Å²) in [7, 11) is 1.28. The van der Waals surface area contributed by atoms with Crippen LogP contribution in [0.5, 0.6) is 0 Å². The van der Waals surface area contributed by atoms with Crippen LogP contribution in [0.4, 0.5) is 0 Å². The molecule has 2 rings (SSSR count). The van der Waals surface area contributed by atoms with E-state index in [9.17, 15) is 4.79 Å². The van der Waals surface area contributed by atoms with E-state index in [0.717, 1.165) is 5.82 Å². The summed E-state index contributed by atoms with van der Waals surface area (Å²) in [5.74, 6) is 0.643. The number of halogens is 1. The first kappa shape index (κ1) is 11.5. The standard InChI is InChI=1S/C10H9ClN4O2/c1-6-12-3-4-15(6)8-5-7(9(16)17-2)13-10(11)14-8/h3-5H,1-2H3. The predicted octanol–water partition coefficient (Wildman–Crippen LogP) is 1.41. The van der Waals surface area contributed by atoms with Crippen molar-refractivity contribution in [1.29, 1.82) is 0 Å². The van der Waals surface area contributed by atoms with Gasteiger partial charge in [-0.05, 0) is 18.5 Å². The number of aryl methyl sites for hydroxylation is 1. The molecule has 0 aliphatic carbocycles. The molecule has 0 spiro atoms. The summed E-state index contributed by atoms with van der Waals surface area (Å²) in [6.45, 7) is 1.81. The Morgan fingerprint density at radius 2 is 2.24 bits per heavy atom. The lowest BCUT2D eigenvalue weighted by atomic mass is 10.4. The molecule has 0 saturated heterocycles. The predicted molar refractivity (Wildman–Crippen MR) is 60.2 cm³/mol. The van der Waals surface area contributed by atoms with Gasteiger partial charge in [0.2, 0.25) is 5.28 Å². The molecule has 2 aromatic rings. The topological polar surface area (TPSA) is 69.9 Å². The maximum Gasteiger partial charge on any atom is 0.356 e. The second kappa shape index (κ2) is 4.50. The molecule has 0 fully saturated rings. The smallest absolute Gasteiger partial charge is 0.356 e. The van der Waals surface area contributed by atoms with Gasteiger partial charge in [-0.1, -0.05) is 0 Å². The highest BCUT2D eigenvalue weighted by atomic mass is 35.5. The molecule has 0 amide bonds. The number of ether oxygens (including phenoxy) is 1. The third kappa shape index (κ3) is 2.26. The molecular weight excluding hydrogens is 244 g/mol. The second-order valence-corrected chi connectivity index (χ2v) is 3.55. The van der Waals surface area contributed by atoms with Crippen molar-refractivity contribution < 1.29 is 9.53 Å². The Bertz CT molecular complexity index is 567. The molecule has 6 nitrogen and oxygen atoms in total. The van der Waals surface area contributed by atoms with Gasteiger partial charge in [0.05, 0.1) is 7.11 Å². The summed E-state index contributed by atoms with van der Waals surface area (Å²) in [5, 5.41) is -0.0176. The maximum absolute atomic E-state index is 11.4. The molecule has 0 atom stereocenters. The number of nitrogens with zero attached hydrogens (tertiary/aromatic N) is 4. The Morgan fingerprint density at radius 3 is 2.82 bits per heavy atom. The van der Waals surface area contributed by atoms with Gasteiger partial charge in [-0.3, -0.25) is 4.57 Å². The molecule has 0 aliphatic heterocycles. The lowest BCUT2D eigenvalue weighted by Gasteiger charge is -2.05. The van der Waals surface area contributed by atoms with E-state index in [-0.39, 0.29) is 11.0 Å². The summed E-state index contributed by atoms with van der Waals surface area (Å²) in [4.78, 5) is 23.3. The average molecular weight is 253 g/mol. The first-order valence-electron chi connectivity index (χ1n) is 4.75. The number of carbonyl (C=O) groups is 1. The third-order valence-electron chi connectivity index (χ3n) is 2.15. The molecule has 2 heterocycles. The Hall–Kier alpha value is -1.95. The molecule has 0 saturated carbocycles. The minimum Gasteiger partial charge on any atom is -0.464 e. The Morgan fingerprint density at radius 1 is 1.47 bits per heavy atom. The number of carbonyl (C=O) groups excluding carboxylic acids is 1. The second-order valence-electron chi connectivity index (χ2n) is 3.22. The van der Waals surface area contributed by atoms with E-state index in [1.54, 1.807) is 17.0 Å². The fourth-order valence-corrected chi connectivity index (χ4v) is 1.54. The summed E-state index contributed by atoms with van der Waals surface area (Å²) in [5.41, 5.74) is 0.107. The van der Waals surface area contributed by atoms with Crippen molar-refractivity contribution in [3.05, 3.63) is 35.3 Å². The van der Waals surface area contributed by atoms with Crippen molar-refractivity contribution in [2.75, 3.05) is 7.11 Å². The monoisotopic (exact) mass is 252 g/mol. The van der Waals surface area contributed by atoms with Crippen LogP contribution in [0.25, 0.3) is 5.82 Å². The summed E-state index contributed by atoms with van der Waals surface area (Å²) in [6, 6.07) is 1.49. The van der Waals surface area contributed by atoms with Gasteiger partial charge in [0.1, 0.15) is 11.6 Å². The number of rotatable bonds is 2. The van der Waals surface area contributed by atoms with Crippen LogP contribution in [0.1, 0.15) is 16.3 Å². The lowest BCUT2D eigenvalue weighted by Crippen LogP contribution is -2.08. The highest BCUT2D eigenvalue weighted by Gasteiger charge is 2.12. The molecule has 0 N–H and O–H groups in total. The lowest BCUT2D eigenvalue weighted by molar-refractivity contribution is 0.0593. The quantitative estimate of drug-likeness (QED) is 0.597. The molecule has 7 heteroatoms. The van der Waals surface area contributed by atoms with E-state index in [1.807, 2.05) is 6.92 Å². The zero-order chi connectivity index (χ0) is 12.4. The van der Waals surface area contributed by atoms with Crippen LogP contribution in [0.2, 0.25) is 5.28 Å². The fraction of sp³-hybridized carbons (Fsp3) is 0.200. The van der Waals surface area contributed by atoms with Crippen molar-refractivity contribution in [3.8, 4) is 5.82 Å². The van der Waals surface area contributed by atoms with E-state index >= 15 is 0 Å². The zero-order valence-corrected chi connectivity index (χ0v) is 9.97. The SMILES string of the molecule is COC(=O)c1cc(-n2ccnc2C)nc(Cl)n1.